The lowest BCUT2D eigenvalue weighted by molar-refractivity contribution is -0.139. The number of nitrogens with two attached hydrogens (primary N) is 3. The van der Waals surface area contributed by atoms with Gasteiger partial charge in [0.1, 0.15) is 6.04 Å². The summed E-state index contributed by atoms with van der Waals surface area (Å²) in [6.07, 6.45) is 0.533. The summed E-state index contributed by atoms with van der Waals surface area (Å²) in [5.41, 5.74) is 19.3. The van der Waals surface area contributed by atoms with Crippen LogP contribution in [0.25, 0.3) is 0 Å². The minimum atomic E-state index is -1.39. The minimum absolute atomic E-state index is 0.0295. The van der Waals surface area contributed by atoms with Gasteiger partial charge in [0.15, 0.2) is 5.96 Å². The highest BCUT2D eigenvalue weighted by Gasteiger charge is 2.21. The molecule has 23 heavy (non-hydrogen) atoms. The van der Waals surface area contributed by atoms with Crippen molar-refractivity contribution in [1.29, 1.82) is 0 Å². The van der Waals surface area contributed by atoms with Crippen molar-refractivity contribution in [2.75, 3.05) is 6.54 Å². The number of hydrogen-bond acceptors (Lipinski definition) is 5. The van der Waals surface area contributed by atoms with Crippen LogP contribution in [0.5, 0.6) is 0 Å². The number of urea groups is 1. The van der Waals surface area contributed by atoms with Crippen molar-refractivity contribution in [3.63, 3.8) is 0 Å². The molecule has 4 amide bonds. The Hall–Kier alpha value is -3.05. The second-order valence-electron chi connectivity index (χ2n) is 4.46. The quantitative estimate of drug-likeness (QED) is 0.101. The molecule has 0 aromatic heterocycles. The van der Waals surface area contributed by atoms with E-state index in [0.717, 1.165) is 0 Å². The molecule has 0 radical (unpaired) electrons. The largest absolute Gasteiger partial charge is 0.481 e. The molecule has 0 fully saturated rings. The first-order valence-corrected chi connectivity index (χ1v) is 6.64. The van der Waals surface area contributed by atoms with Crippen LogP contribution in [0.15, 0.2) is 4.99 Å². The van der Waals surface area contributed by atoms with Gasteiger partial charge in [-0.3, -0.25) is 24.8 Å². The van der Waals surface area contributed by atoms with Crippen molar-refractivity contribution in [1.82, 2.24) is 16.2 Å². The van der Waals surface area contributed by atoms with Gasteiger partial charge >= 0.3 is 12.0 Å². The van der Waals surface area contributed by atoms with E-state index in [-0.39, 0.29) is 12.4 Å². The van der Waals surface area contributed by atoms with Crippen molar-refractivity contribution >= 4 is 29.8 Å². The molecule has 130 valence electrons. The van der Waals surface area contributed by atoms with E-state index < -0.39 is 36.3 Å². The van der Waals surface area contributed by atoms with Crippen LogP contribution in [0.4, 0.5) is 4.79 Å². The number of nitrogens with one attached hydrogen (secondary N) is 3. The van der Waals surface area contributed by atoms with E-state index in [4.69, 9.17) is 22.3 Å². The fourth-order valence-electron chi connectivity index (χ4n) is 1.39. The molecule has 0 aliphatic rings. The Morgan fingerprint density at radius 2 is 1.70 bits per heavy atom. The van der Waals surface area contributed by atoms with Gasteiger partial charge in [-0.2, -0.15) is 0 Å². The van der Waals surface area contributed by atoms with Crippen molar-refractivity contribution in [2.45, 2.75) is 31.7 Å². The van der Waals surface area contributed by atoms with E-state index in [9.17, 15) is 19.2 Å². The number of carbonyl (C=O) groups is 4. The molecule has 0 aliphatic heterocycles. The van der Waals surface area contributed by atoms with Crippen LogP contribution >= 0.6 is 0 Å². The molecule has 0 rings (SSSR count). The Balaban J connectivity index is 3.98. The summed E-state index contributed by atoms with van der Waals surface area (Å²) >= 11 is 0. The Labute approximate surface area is 131 Å². The number of aliphatic carboxylic acids is 1. The molecule has 12 nitrogen and oxygen atoms in total. The molecule has 12 heteroatoms. The molecule has 0 aromatic carbocycles. The molecule has 1 atom stereocenters. The first-order chi connectivity index (χ1) is 10.7. The zero-order chi connectivity index (χ0) is 17.8. The average Bonchev–Trinajstić information content (AvgIpc) is 2.43. The smallest absolute Gasteiger partial charge is 0.334 e. The third-order valence-electron chi connectivity index (χ3n) is 2.45. The van der Waals surface area contributed by atoms with E-state index in [0.29, 0.717) is 19.4 Å². The molecule has 0 bridgehead atoms. The Morgan fingerprint density at radius 3 is 2.22 bits per heavy atom. The normalized spacial score (nSPS) is 11.0. The van der Waals surface area contributed by atoms with E-state index in [1.807, 2.05) is 10.7 Å². The minimum Gasteiger partial charge on any atom is -0.481 e. The number of amides is 4. The summed E-state index contributed by atoms with van der Waals surface area (Å²) in [5, 5.41) is 10.6. The highest BCUT2D eigenvalue weighted by atomic mass is 16.4. The molecule has 0 aliphatic carbocycles. The fraction of sp³-hybridized carbons (Fsp3) is 0.545. The maximum Gasteiger partial charge on any atom is 0.334 e. The standard InChI is InChI=1S/C11H21N7O5/c12-9(22)6(5-8(20)21)16-11(23)18-17-7(19)3-1-2-4-15-10(13)14/h6H,1-5H2,(H2,12,22)(H,17,19)(H,20,21)(H4,13,14,15)(H2,16,18,23)/t6-/m0/s1. The molecule has 0 unspecified atom stereocenters. The lowest BCUT2D eigenvalue weighted by atomic mass is 10.2. The van der Waals surface area contributed by atoms with Crippen LogP contribution in [-0.4, -0.2) is 47.5 Å². The predicted molar refractivity (Wildman–Crippen MR) is 79.6 cm³/mol. The monoisotopic (exact) mass is 331 g/mol. The number of aliphatic imine (C=N–C) groups is 1. The number of carbonyl (C=O) groups excluding carboxylic acids is 3. The maximum absolute atomic E-state index is 11.4. The van der Waals surface area contributed by atoms with E-state index in [1.165, 1.54) is 0 Å². The van der Waals surface area contributed by atoms with Gasteiger partial charge in [0.25, 0.3) is 0 Å². The maximum atomic E-state index is 11.4. The summed E-state index contributed by atoms with van der Waals surface area (Å²) < 4.78 is 0. The second kappa shape index (κ2) is 10.6. The van der Waals surface area contributed by atoms with Gasteiger partial charge in [-0.25, -0.2) is 10.2 Å². The molecule has 0 aromatic rings. The van der Waals surface area contributed by atoms with Gasteiger partial charge in [0.05, 0.1) is 6.42 Å². The third kappa shape index (κ3) is 11.3. The lowest BCUT2D eigenvalue weighted by Gasteiger charge is -2.14. The van der Waals surface area contributed by atoms with Crippen molar-refractivity contribution in [3.05, 3.63) is 0 Å². The molecular formula is C11H21N7O5. The summed E-state index contributed by atoms with van der Waals surface area (Å²) in [7, 11) is 0. The number of carboxylic acid groups (broad SMARTS) is 1. The molecule has 0 spiro atoms. The van der Waals surface area contributed by atoms with Crippen molar-refractivity contribution in [2.24, 2.45) is 22.2 Å². The third-order valence-corrected chi connectivity index (χ3v) is 2.45. The van der Waals surface area contributed by atoms with Crippen LogP contribution in [0.1, 0.15) is 25.7 Å². The van der Waals surface area contributed by atoms with E-state index in [2.05, 4.69) is 10.4 Å². The van der Waals surface area contributed by atoms with Crippen molar-refractivity contribution < 1.29 is 24.3 Å². The van der Waals surface area contributed by atoms with Gasteiger partial charge < -0.3 is 27.6 Å². The number of carboxylic acids is 1. The Bertz CT molecular complexity index is 475. The van der Waals surface area contributed by atoms with Crippen LogP contribution in [0.3, 0.4) is 0 Å². The summed E-state index contributed by atoms with van der Waals surface area (Å²) in [5.74, 6) is -2.82. The van der Waals surface area contributed by atoms with Crippen molar-refractivity contribution in [3.8, 4) is 0 Å². The summed E-state index contributed by atoms with van der Waals surface area (Å²) in [6, 6.07) is -2.34. The first-order valence-electron chi connectivity index (χ1n) is 6.64. The van der Waals surface area contributed by atoms with Gasteiger partial charge in [-0.05, 0) is 12.8 Å². The van der Waals surface area contributed by atoms with Gasteiger partial charge in [0, 0.05) is 13.0 Å². The molecular weight excluding hydrogens is 310 g/mol. The van der Waals surface area contributed by atoms with Crippen LogP contribution < -0.4 is 33.4 Å². The fourth-order valence-corrected chi connectivity index (χ4v) is 1.39. The zero-order valence-electron chi connectivity index (χ0n) is 12.4. The molecule has 0 saturated carbocycles. The number of guanidine groups is 1. The molecule has 0 saturated heterocycles. The van der Waals surface area contributed by atoms with Crippen LogP contribution in [0.2, 0.25) is 0 Å². The Morgan fingerprint density at radius 1 is 1.04 bits per heavy atom. The number of rotatable bonds is 9. The zero-order valence-corrected chi connectivity index (χ0v) is 12.4. The van der Waals surface area contributed by atoms with Crippen LogP contribution in [-0.2, 0) is 14.4 Å². The molecule has 10 N–H and O–H groups in total. The van der Waals surface area contributed by atoms with Gasteiger partial charge in [-0.1, -0.05) is 0 Å². The highest BCUT2D eigenvalue weighted by molar-refractivity contribution is 5.89. The lowest BCUT2D eigenvalue weighted by Crippen LogP contribution is -2.53. The van der Waals surface area contributed by atoms with E-state index in [1.54, 1.807) is 0 Å². The molecule has 0 heterocycles. The van der Waals surface area contributed by atoms with Gasteiger partial charge in [-0.15, -0.1) is 0 Å². The SMILES string of the molecule is NC(=O)[C@H](CC(=O)O)NC(=O)NNC(=O)CCCCN=C(N)N. The number of unbranched alkanes of at least 4 members (excludes halogenated alkanes) is 1. The van der Waals surface area contributed by atoms with Gasteiger partial charge in [0.2, 0.25) is 11.8 Å². The number of hydrazine groups is 1. The average molecular weight is 331 g/mol. The number of hydrogen-bond donors (Lipinski definition) is 7. The second-order valence-corrected chi connectivity index (χ2v) is 4.46. The number of primary amides is 1. The van der Waals surface area contributed by atoms with Crippen LogP contribution in [0, 0.1) is 0 Å². The number of nitrogens with zero attached hydrogens (tertiary/aromatic N) is 1. The summed E-state index contributed by atoms with van der Waals surface area (Å²) in [4.78, 5) is 48.0. The summed E-state index contributed by atoms with van der Waals surface area (Å²) in [6.45, 7) is 0.388. The highest BCUT2D eigenvalue weighted by Crippen LogP contribution is 1.95. The predicted octanol–water partition coefficient (Wildman–Crippen LogP) is -2.91. The van der Waals surface area contributed by atoms with E-state index >= 15 is 0 Å². The first kappa shape index (κ1) is 19.9. The topological polar surface area (TPSA) is 215 Å². The Kier molecular flexibility index (Phi) is 9.23.